The number of nitrogens with zero attached hydrogens (tertiary/aromatic N) is 3. The van der Waals surface area contributed by atoms with Gasteiger partial charge in [0.05, 0.1) is 15.3 Å². The number of hydrogen-bond donors (Lipinski definition) is 1. The number of aromatic nitrogens is 2. The summed E-state index contributed by atoms with van der Waals surface area (Å²) in [6.45, 7) is 4.65. The number of benzene rings is 1. The van der Waals surface area contributed by atoms with Gasteiger partial charge in [-0.1, -0.05) is 78.1 Å². The lowest BCUT2D eigenvalue weighted by Crippen LogP contribution is -2.30. The van der Waals surface area contributed by atoms with Crippen LogP contribution in [0.2, 0.25) is 5.02 Å². The van der Waals surface area contributed by atoms with Gasteiger partial charge >= 0.3 is 0 Å². The zero-order valence-corrected chi connectivity index (χ0v) is 24.4. The molecule has 0 radical (unpaired) electrons. The lowest BCUT2D eigenvalue weighted by Gasteiger charge is -2.21. The van der Waals surface area contributed by atoms with Crippen LogP contribution in [0.4, 0.5) is 5.69 Å². The van der Waals surface area contributed by atoms with Gasteiger partial charge in [0.25, 0.3) is 0 Å². The first-order chi connectivity index (χ1) is 18.0. The second kappa shape index (κ2) is 13.4. The van der Waals surface area contributed by atoms with Crippen molar-refractivity contribution in [3.05, 3.63) is 70.8 Å². The number of pyridine rings is 2. The Labute approximate surface area is 238 Å². The van der Waals surface area contributed by atoms with Gasteiger partial charge < -0.3 is 15.0 Å². The van der Waals surface area contributed by atoms with Crippen LogP contribution in [0.1, 0.15) is 62.3 Å². The first kappa shape index (κ1) is 27.6. The molecule has 1 fully saturated rings. The SMILES string of the molecule is C/C=C\N(CI)c1cc(C)nc2c(OCc3c(Cl)cncc3CNC(=O)C3CCCCCC3)cccc12. The normalized spacial score (nSPS) is 14.6. The number of hydrogen-bond acceptors (Lipinski definition) is 5. The third-order valence-electron chi connectivity index (χ3n) is 6.82. The number of carbonyl (C=O) groups excluding carboxylic acids is 1. The van der Waals surface area contributed by atoms with E-state index >= 15 is 0 Å². The number of carbonyl (C=O) groups is 1. The molecular formula is C29H34ClIN4O2. The fourth-order valence-electron chi connectivity index (χ4n) is 4.88. The standard InChI is InChI=1S/C29H34ClIN4O2/c1-3-13-35(19-31)26-14-20(2)34-28-23(26)11-8-12-27(28)37-18-24-22(15-32-17-25(24)30)16-33-29(36)21-9-6-4-5-7-10-21/h3,8,11-15,17,21H,4-7,9-10,16,18-19H2,1-2H3,(H,33,36)/b13-3-. The molecule has 2 aromatic heterocycles. The number of anilines is 1. The van der Waals surface area contributed by atoms with E-state index in [9.17, 15) is 4.79 Å². The molecule has 0 unspecified atom stereocenters. The Morgan fingerprint density at radius 1 is 1.24 bits per heavy atom. The molecule has 1 amide bonds. The number of rotatable bonds is 9. The van der Waals surface area contributed by atoms with Crippen molar-refractivity contribution in [1.29, 1.82) is 0 Å². The molecule has 3 aromatic rings. The number of para-hydroxylation sites is 1. The number of nitrogens with one attached hydrogen (secondary N) is 1. The smallest absolute Gasteiger partial charge is 0.223 e. The number of fused-ring (bicyclic) bond motifs is 1. The Morgan fingerprint density at radius 2 is 2.03 bits per heavy atom. The molecule has 6 nitrogen and oxygen atoms in total. The minimum Gasteiger partial charge on any atom is -0.487 e. The maximum atomic E-state index is 12.8. The fraction of sp³-hybridized carbons (Fsp3) is 0.414. The highest BCUT2D eigenvalue weighted by atomic mass is 127. The molecule has 37 heavy (non-hydrogen) atoms. The Balaban J connectivity index is 1.55. The van der Waals surface area contributed by atoms with Crippen LogP contribution < -0.4 is 15.0 Å². The molecule has 1 saturated carbocycles. The van der Waals surface area contributed by atoms with Crippen molar-refractivity contribution >= 4 is 56.7 Å². The van der Waals surface area contributed by atoms with E-state index in [1.807, 2.05) is 32.1 Å². The number of aryl methyl sites for hydroxylation is 1. The molecule has 0 saturated heterocycles. The van der Waals surface area contributed by atoms with Gasteiger partial charge in [-0.15, -0.1) is 0 Å². The van der Waals surface area contributed by atoms with Crippen molar-refractivity contribution in [3.63, 3.8) is 0 Å². The van der Waals surface area contributed by atoms with E-state index in [4.69, 9.17) is 21.3 Å². The summed E-state index contributed by atoms with van der Waals surface area (Å²) in [6.07, 6.45) is 14.1. The highest BCUT2D eigenvalue weighted by Crippen LogP contribution is 2.34. The quantitative estimate of drug-likeness (QED) is 0.115. The molecule has 0 aliphatic heterocycles. The van der Waals surface area contributed by atoms with E-state index in [2.05, 4.69) is 56.1 Å². The molecule has 1 N–H and O–H groups in total. The van der Waals surface area contributed by atoms with Crippen LogP contribution in [-0.4, -0.2) is 20.4 Å². The van der Waals surface area contributed by atoms with Gasteiger partial charge in [0.1, 0.15) is 17.9 Å². The first-order valence-electron chi connectivity index (χ1n) is 12.9. The third kappa shape index (κ3) is 6.93. The number of allylic oxidation sites excluding steroid dienone is 1. The van der Waals surface area contributed by atoms with Gasteiger partial charge in [-0.2, -0.15) is 0 Å². The van der Waals surface area contributed by atoms with Gasteiger partial charge in [-0.25, -0.2) is 4.98 Å². The number of amides is 1. The van der Waals surface area contributed by atoms with Crippen LogP contribution in [0.3, 0.4) is 0 Å². The largest absolute Gasteiger partial charge is 0.487 e. The van der Waals surface area contributed by atoms with Crippen LogP contribution in [0.15, 0.2) is 48.9 Å². The van der Waals surface area contributed by atoms with Crippen LogP contribution in [0.25, 0.3) is 10.9 Å². The Kier molecular flexibility index (Phi) is 10.0. The van der Waals surface area contributed by atoms with Crippen molar-refractivity contribution in [3.8, 4) is 5.75 Å². The summed E-state index contributed by atoms with van der Waals surface area (Å²) in [5.74, 6) is 0.909. The summed E-state index contributed by atoms with van der Waals surface area (Å²) < 4.78 is 7.14. The monoisotopic (exact) mass is 632 g/mol. The van der Waals surface area contributed by atoms with Crippen molar-refractivity contribution in [1.82, 2.24) is 15.3 Å². The van der Waals surface area contributed by atoms with E-state index in [1.54, 1.807) is 12.4 Å². The highest BCUT2D eigenvalue weighted by molar-refractivity contribution is 14.1. The van der Waals surface area contributed by atoms with Gasteiger partial charge in [0.2, 0.25) is 5.91 Å². The lowest BCUT2D eigenvalue weighted by molar-refractivity contribution is -0.125. The lowest BCUT2D eigenvalue weighted by atomic mass is 9.99. The van der Waals surface area contributed by atoms with E-state index in [0.717, 1.165) is 63.6 Å². The van der Waals surface area contributed by atoms with Gasteiger partial charge in [0.15, 0.2) is 0 Å². The van der Waals surface area contributed by atoms with Gasteiger partial charge in [0, 0.05) is 47.7 Å². The molecular weight excluding hydrogens is 599 g/mol. The van der Waals surface area contributed by atoms with Crippen molar-refractivity contribution in [2.75, 3.05) is 9.45 Å². The molecule has 1 aliphatic carbocycles. The fourth-order valence-corrected chi connectivity index (χ4v) is 5.71. The number of halogens is 2. The molecule has 196 valence electrons. The molecule has 0 bridgehead atoms. The summed E-state index contributed by atoms with van der Waals surface area (Å²) in [7, 11) is 0. The zero-order valence-electron chi connectivity index (χ0n) is 21.5. The summed E-state index contributed by atoms with van der Waals surface area (Å²) in [6, 6.07) is 8.09. The summed E-state index contributed by atoms with van der Waals surface area (Å²) in [4.78, 5) is 24.1. The van der Waals surface area contributed by atoms with Crippen LogP contribution in [-0.2, 0) is 17.9 Å². The molecule has 8 heteroatoms. The second-order valence-corrected chi connectivity index (χ2v) is 10.6. The highest BCUT2D eigenvalue weighted by Gasteiger charge is 2.20. The Hall–Kier alpha value is -2.39. The summed E-state index contributed by atoms with van der Waals surface area (Å²) >= 11 is 8.92. The Bertz CT molecular complexity index is 1260. The topological polar surface area (TPSA) is 67.3 Å². The molecule has 0 atom stereocenters. The average Bonchev–Trinajstić information content (AvgIpc) is 3.19. The van der Waals surface area contributed by atoms with Crippen LogP contribution in [0, 0.1) is 12.8 Å². The summed E-state index contributed by atoms with van der Waals surface area (Å²) in [5.41, 5.74) is 4.51. The Morgan fingerprint density at radius 3 is 2.76 bits per heavy atom. The maximum Gasteiger partial charge on any atom is 0.223 e. The van der Waals surface area contributed by atoms with Crippen LogP contribution in [0.5, 0.6) is 5.75 Å². The van der Waals surface area contributed by atoms with Crippen molar-refractivity contribution < 1.29 is 9.53 Å². The first-order valence-corrected chi connectivity index (χ1v) is 14.8. The minimum absolute atomic E-state index is 0.0956. The number of ether oxygens (including phenoxy) is 1. The van der Waals surface area contributed by atoms with E-state index in [-0.39, 0.29) is 18.4 Å². The minimum atomic E-state index is 0.0956. The third-order valence-corrected chi connectivity index (χ3v) is 7.88. The molecule has 0 spiro atoms. The predicted molar refractivity (Wildman–Crippen MR) is 159 cm³/mol. The average molecular weight is 633 g/mol. The number of alkyl halides is 1. The maximum absolute atomic E-state index is 12.8. The predicted octanol–water partition coefficient (Wildman–Crippen LogP) is 7.49. The van der Waals surface area contributed by atoms with Crippen molar-refractivity contribution in [2.45, 2.75) is 65.5 Å². The molecule has 1 aromatic carbocycles. The summed E-state index contributed by atoms with van der Waals surface area (Å²) in [5, 5.41) is 4.67. The van der Waals surface area contributed by atoms with E-state index in [1.165, 1.54) is 12.8 Å². The van der Waals surface area contributed by atoms with Crippen molar-refractivity contribution in [2.24, 2.45) is 5.92 Å². The van der Waals surface area contributed by atoms with Gasteiger partial charge in [-0.3, -0.25) is 9.78 Å². The zero-order chi connectivity index (χ0) is 26.2. The molecule has 4 rings (SSSR count). The second-order valence-electron chi connectivity index (χ2n) is 9.46. The van der Waals surface area contributed by atoms with E-state index in [0.29, 0.717) is 17.3 Å². The molecule has 2 heterocycles. The molecule has 1 aliphatic rings. The van der Waals surface area contributed by atoms with Crippen LogP contribution >= 0.6 is 34.2 Å². The van der Waals surface area contributed by atoms with E-state index < -0.39 is 0 Å². The van der Waals surface area contributed by atoms with Gasteiger partial charge in [-0.05, 0) is 44.4 Å².